The third-order valence-electron chi connectivity index (χ3n) is 3.81. The molecule has 0 aliphatic rings. The number of anilines is 1. The van der Waals surface area contributed by atoms with Crippen LogP contribution in [0.5, 0.6) is 0 Å². The fraction of sp³-hybridized carbons (Fsp3) is 0.188. The van der Waals surface area contributed by atoms with Gasteiger partial charge in [0.25, 0.3) is 5.56 Å². The first-order valence-corrected chi connectivity index (χ1v) is 8.05. The SMILES string of the molecule is Cn1c(=O)n(CC(=O)Nc2cccnc2Cl)c(=O)c2ccc(C(F)(F)F)nc21. The van der Waals surface area contributed by atoms with E-state index in [-0.39, 0.29) is 16.2 Å². The smallest absolute Gasteiger partial charge is 0.322 e. The Hall–Kier alpha value is -3.21. The molecule has 0 unspecified atom stereocenters. The second-order valence-electron chi connectivity index (χ2n) is 5.69. The number of pyridine rings is 2. The van der Waals surface area contributed by atoms with Gasteiger partial charge in [-0.1, -0.05) is 11.6 Å². The van der Waals surface area contributed by atoms with Crippen molar-refractivity contribution in [3.05, 3.63) is 62.1 Å². The summed E-state index contributed by atoms with van der Waals surface area (Å²) in [4.78, 5) is 44.3. The molecule has 0 fully saturated rings. The molecule has 28 heavy (non-hydrogen) atoms. The molecular weight excluding hydrogens is 403 g/mol. The molecule has 0 bridgehead atoms. The molecule has 1 amide bonds. The van der Waals surface area contributed by atoms with E-state index in [1.807, 2.05) is 0 Å². The first-order valence-electron chi connectivity index (χ1n) is 7.67. The van der Waals surface area contributed by atoms with Crippen molar-refractivity contribution >= 4 is 34.2 Å². The van der Waals surface area contributed by atoms with Gasteiger partial charge in [-0.05, 0) is 24.3 Å². The maximum absolute atomic E-state index is 12.8. The van der Waals surface area contributed by atoms with E-state index in [0.29, 0.717) is 10.6 Å². The lowest BCUT2D eigenvalue weighted by atomic mass is 10.2. The first-order chi connectivity index (χ1) is 13.1. The fourth-order valence-corrected chi connectivity index (χ4v) is 2.65. The van der Waals surface area contributed by atoms with Crippen molar-refractivity contribution in [3.63, 3.8) is 0 Å². The highest BCUT2D eigenvalue weighted by atomic mass is 35.5. The van der Waals surface area contributed by atoms with Crippen LogP contribution in [-0.4, -0.2) is 25.0 Å². The summed E-state index contributed by atoms with van der Waals surface area (Å²) in [6.07, 6.45) is -3.33. The van der Waals surface area contributed by atoms with Gasteiger partial charge in [-0.3, -0.25) is 18.7 Å². The van der Waals surface area contributed by atoms with Gasteiger partial charge < -0.3 is 5.32 Å². The van der Waals surface area contributed by atoms with Crippen LogP contribution in [-0.2, 0) is 24.6 Å². The Labute approximate surface area is 159 Å². The Bertz CT molecular complexity index is 1200. The lowest BCUT2D eigenvalue weighted by Gasteiger charge is -2.12. The standard InChI is InChI=1S/C16H11ClF3N5O3/c1-24-13-8(4-5-10(23-13)16(18,19)20)14(27)25(15(24)28)7-11(26)22-9-3-2-6-21-12(9)17/h2-6H,7H2,1H3,(H,22,26). The Balaban J connectivity index is 2.03. The number of hydrogen-bond donors (Lipinski definition) is 1. The predicted molar refractivity (Wildman–Crippen MR) is 94.1 cm³/mol. The van der Waals surface area contributed by atoms with Crippen molar-refractivity contribution in [1.82, 2.24) is 19.1 Å². The highest BCUT2D eigenvalue weighted by Crippen LogP contribution is 2.28. The van der Waals surface area contributed by atoms with Gasteiger partial charge in [-0.2, -0.15) is 13.2 Å². The van der Waals surface area contributed by atoms with Crippen LogP contribution in [0.25, 0.3) is 11.0 Å². The third kappa shape index (κ3) is 3.60. The number of nitrogens with zero attached hydrogens (tertiary/aromatic N) is 4. The molecule has 12 heteroatoms. The zero-order chi connectivity index (χ0) is 20.6. The van der Waals surface area contributed by atoms with Crippen LogP contribution >= 0.6 is 11.6 Å². The zero-order valence-electron chi connectivity index (χ0n) is 14.1. The molecule has 0 saturated heterocycles. The minimum atomic E-state index is -4.73. The topological polar surface area (TPSA) is 98.9 Å². The van der Waals surface area contributed by atoms with E-state index < -0.39 is 41.2 Å². The highest BCUT2D eigenvalue weighted by molar-refractivity contribution is 6.32. The van der Waals surface area contributed by atoms with Gasteiger partial charge in [0.1, 0.15) is 17.9 Å². The molecule has 3 heterocycles. The molecule has 8 nitrogen and oxygen atoms in total. The molecule has 146 valence electrons. The number of alkyl halides is 3. The minimum absolute atomic E-state index is 0.0125. The normalized spacial score (nSPS) is 11.6. The van der Waals surface area contributed by atoms with E-state index in [1.165, 1.54) is 18.3 Å². The Morgan fingerprint density at radius 3 is 2.61 bits per heavy atom. The zero-order valence-corrected chi connectivity index (χ0v) is 14.9. The maximum Gasteiger partial charge on any atom is 0.433 e. The first kappa shape index (κ1) is 19.5. The molecule has 0 aromatic carbocycles. The van der Waals surface area contributed by atoms with E-state index in [9.17, 15) is 27.6 Å². The third-order valence-corrected chi connectivity index (χ3v) is 4.11. The van der Waals surface area contributed by atoms with Gasteiger partial charge in [-0.25, -0.2) is 14.8 Å². The number of fused-ring (bicyclic) bond motifs is 1. The molecule has 0 radical (unpaired) electrons. The molecule has 0 atom stereocenters. The van der Waals surface area contributed by atoms with Crippen LogP contribution in [0.15, 0.2) is 40.1 Å². The largest absolute Gasteiger partial charge is 0.433 e. The monoisotopic (exact) mass is 413 g/mol. The van der Waals surface area contributed by atoms with E-state index in [0.717, 1.165) is 17.7 Å². The highest BCUT2D eigenvalue weighted by Gasteiger charge is 2.33. The van der Waals surface area contributed by atoms with Gasteiger partial charge in [-0.15, -0.1) is 0 Å². The van der Waals surface area contributed by atoms with Crippen molar-refractivity contribution in [1.29, 1.82) is 0 Å². The Morgan fingerprint density at radius 2 is 1.96 bits per heavy atom. The summed E-state index contributed by atoms with van der Waals surface area (Å²) in [7, 11) is 1.16. The van der Waals surface area contributed by atoms with Crippen LogP contribution in [0, 0.1) is 0 Å². The van der Waals surface area contributed by atoms with E-state index >= 15 is 0 Å². The van der Waals surface area contributed by atoms with Gasteiger partial charge in [0.2, 0.25) is 5.91 Å². The van der Waals surface area contributed by atoms with Crippen LogP contribution in [0.1, 0.15) is 5.69 Å². The van der Waals surface area contributed by atoms with E-state index in [4.69, 9.17) is 11.6 Å². The summed E-state index contributed by atoms with van der Waals surface area (Å²) in [6, 6.07) is 4.54. The molecule has 1 N–H and O–H groups in total. The molecule has 0 saturated carbocycles. The average Bonchev–Trinajstić information content (AvgIpc) is 2.64. The Morgan fingerprint density at radius 1 is 1.25 bits per heavy atom. The number of aromatic nitrogens is 4. The van der Waals surface area contributed by atoms with Gasteiger partial charge in [0.05, 0.1) is 11.1 Å². The number of amides is 1. The van der Waals surface area contributed by atoms with Gasteiger partial charge in [0.15, 0.2) is 5.15 Å². The number of hydrogen-bond acceptors (Lipinski definition) is 5. The van der Waals surface area contributed by atoms with Gasteiger partial charge in [0, 0.05) is 13.2 Å². The lowest BCUT2D eigenvalue weighted by Crippen LogP contribution is -2.42. The molecule has 0 spiro atoms. The molecule has 3 aromatic rings. The summed E-state index contributed by atoms with van der Waals surface area (Å²) in [5.41, 5.74) is -3.42. The molecule has 0 aliphatic carbocycles. The minimum Gasteiger partial charge on any atom is -0.322 e. The van der Waals surface area contributed by atoms with Crippen molar-refractivity contribution < 1.29 is 18.0 Å². The summed E-state index contributed by atoms with van der Waals surface area (Å²) >= 11 is 5.83. The number of aryl methyl sites for hydroxylation is 1. The van der Waals surface area contributed by atoms with Crippen molar-refractivity contribution in [3.8, 4) is 0 Å². The van der Waals surface area contributed by atoms with Crippen molar-refractivity contribution in [2.45, 2.75) is 12.7 Å². The second-order valence-corrected chi connectivity index (χ2v) is 6.05. The van der Waals surface area contributed by atoms with Crippen molar-refractivity contribution in [2.75, 3.05) is 5.32 Å². The molecular formula is C16H11ClF3N5O3. The van der Waals surface area contributed by atoms with Crippen LogP contribution in [0.3, 0.4) is 0 Å². The molecule has 0 aliphatic heterocycles. The number of halogens is 4. The van der Waals surface area contributed by atoms with Crippen LogP contribution in [0.2, 0.25) is 5.15 Å². The van der Waals surface area contributed by atoms with Crippen LogP contribution in [0.4, 0.5) is 18.9 Å². The van der Waals surface area contributed by atoms with Crippen LogP contribution < -0.4 is 16.6 Å². The predicted octanol–water partition coefficient (Wildman–Crippen LogP) is 1.80. The fourth-order valence-electron chi connectivity index (χ4n) is 2.48. The summed E-state index contributed by atoms with van der Waals surface area (Å²) < 4.78 is 39.9. The number of carbonyl (C=O) groups is 1. The number of rotatable bonds is 3. The average molecular weight is 414 g/mol. The van der Waals surface area contributed by atoms with Gasteiger partial charge >= 0.3 is 11.9 Å². The lowest BCUT2D eigenvalue weighted by molar-refractivity contribution is -0.141. The molecule has 3 aromatic heterocycles. The summed E-state index contributed by atoms with van der Waals surface area (Å²) in [5.74, 6) is -0.742. The summed E-state index contributed by atoms with van der Waals surface area (Å²) in [6.45, 7) is -0.673. The summed E-state index contributed by atoms with van der Waals surface area (Å²) in [5, 5.41) is 2.18. The molecule has 3 rings (SSSR count). The van der Waals surface area contributed by atoms with Crippen molar-refractivity contribution in [2.24, 2.45) is 7.05 Å². The number of nitrogens with one attached hydrogen (secondary N) is 1. The second kappa shape index (κ2) is 7.08. The maximum atomic E-state index is 12.8. The number of carbonyl (C=O) groups excluding carboxylic acids is 1. The van der Waals surface area contributed by atoms with E-state index in [2.05, 4.69) is 15.3 Å². The Kier molecular flexibility index (Phi) is 4.94. The van der Waals surface area contributed by atoms with E-state index in [1.54, 1.807) is 0 Å². The quantitative estimate of drug-likeness (QED) is 0.660.